The lowest BCUT2D eigenvalue weighted by atomic mass is 10.3. The molecule has 7 nitrogen and oxygen atoms in total. The lowest BCUT2D eigenvalue weighted by Gasteiger charge is -2.05. The van der Waals surface area contributed by atoms with E-state index in [1.807, 2.05) is 6.92 Å². The summed E-state index contributed by atoms with van der Waals surface area (Å²) in [7, 11) is 3.19. The molecule has 11 heteroatoms. The van der Waals surface area contributed by atoms with Crippen molar-refractivity contribution in [2.45, 2.75) is 18.1 Å². The molecule has 3 heterocycles. The van der Waals surface area contributed by atoms with Crippen LogP contribution in [0, 0.1) is 0 Å². The molecular weight excluding hydrogens is 371 g/mol. The van der Waals surface area contributed by atoms with Crippen LogP contribution in [-0.2, 0) is 20.3 Å². The van der Waals surface area contributed by atoms with Gasteiger partial charge in [0, 0.05) is 14.1 Å². The van der Waals surface area contributed by atoms with Crippen LogP contribution in [0.4, 0.5) is 13.2 Å². The number of carboxylic acid groups (broad SMARTS) is 1. The molecular formula is C15H14F3N5O2S. The van der Waals surface area contributed by atoms with E-state index in [0.717, 1.165) is 12.3 Å². The highest BCUT2D eigenvalue weighted by Gasteiger charge is 2.33. The molecule has 0 aliphatic rings. The Bertz CT molecular complexity index is 1010. The van der Waals surface area contributed by atoms with Crippen molar-refractivity contribution >= 4 is 28.8 Å². The van der Waals surface area contributed by atoms with E-state index in [1.54, 1.807) is 18.7 Å². The standard InChI is InChI=1S/C15H14F3N5O2S/c1-4-26-13-10(21-12(14(24)25)23(13)3)11-20-7-5-9(15(16,17)18)19-6-8(7)22(11)2/h5-6H,4H2,1-3H3,(H,24,25). The molecule has 0 atom stereocenters. The van der Waals surface area contributed by atoms with Crippen molar-refractivity contribution in [1.82, 2.24) is 24.1 Å². The van der Waals surface area contributed by atoms with Crippen molar-refractivity contribution < 1.29 is 23.1 Å². The summed E-state index contributed by atoms with van der Waals surface area (Å²) in [5.74, 6) is -0.427. The van der Waals surface area contributed by atoms with Gasteiger partial charge in [0.15, 0.2) is 5.82 Å². The maximum atomic E-state index is 12.9. The van der Waals surface area contributed by atoms with E-state index in [9.17, 15) is 23.1 Å². The zero-order valence-corrected chi connectivity index (χ0v) is 14.8. The Labute approximate surface area is 149 Å². The van der Waals surface area contributed by atoms with E-state index in [2.05, 4.69) is 15.0 Å². The van der Waals surface area contributed by atoms with Gasteiger partial charge in [-0.25, -0.2) is 19.7 Å². The normalized spacial score (nSPS) is 12.1. The van der Waals surface area contributed by atoms with Crippen LogP contribution < -0.4 is 0 Å². The summed E-state index contributed by atoms with van der Waals surface area (Å²) in [6.07, 6.45) is -3.47. The number of nitrogens with zero attached hydrogens (tertiary/aromatic N) is 5. The zero-order valence-electron chi connectivity index (χ0n) is 14.0. The summed E-state index contributed by atoms with van der Waals surface area (Å²) in [5, 5.41) is 9.87. The van der Waals surface area contributed by atoms with Gasteiger partial charge in [0.1, 0.15) is 16.4 Å². The largest absolute Gasteiger partial charge is 0.475 e. The third kappa shape index (κ3) is 2.91. The van der Waals surface area contributed by atoms with Crippen molar-refractivity contribution in [1.29, 1.82) is 0 Å². The molecule has 26 heavy (non-hydrogen) atoms. The summed E-state index contributed by atoms with van der Waals surface area (Å²) in [4.78, 5) is 23.2. The maximum Gasteiger partial charge on any atom is 0.433 e. The van der Waals surface area contributed by atoms with Gasteiger partial charge in [-0.2, -0.15) is 13.2 Å². The predicted molar refractivity (Wildman–Crippen MR) is 89.1 cm³/mol. The summed E-state index contributed by atoms with van der Waals surface area (Å²) in [5.41, 5.74) is -0.225. The van der Waals surface area contributed by atoms with Gasteiger partial charge in [-0.3, -0.25) is 0 Å². The number of aromatic nitrogens is 5. The molecule has 138 valence electrons. The minimum Gasteiger partial charge on any atom is -0.475 e. The number of halogens is 3. The first-order valence-electron chi connectivity index (χ1n) is 7.48. The Morgan fingerprint density at radius 3 is 2.54 bits per heavy atom. The molecule has 0 unspecified atom stereocenters. The van der Waals surface area contributed by atoms with Gasteiger partial charge < -0.3 is 14.2 Å². The van der Waals surface area contributed by atoms with Crippen molar-refractivity contribution in [3.05, 3.63) is 23.8 Å². The summed E-state index contributed by atoms with van der Waals surface area (Å²) in [6.45, 7) is 1.90. The Morgan fingerprint density at radius 2 is 1.96 bits per heavy atom. The number of carboxylic acids is 1. The third-order valence-corrected chi connectivity index (χ3v) is 4.81. The average molecular weight is 385 g/mol. The van der Waals surface area contributed by atoms with Crippen LogP contribution in [0.5, 0.6) is 0 Å². The monoisotopic (exact) mass is 385 g/mol. The van der Waals surface area contributed by atoms with E-state index in [0.29, 0.717) is 22.0 Å². The Balaban J connectivity index is 2.24. The van der Waals surface area contributed by atoms with Crippen molar-refractivity contribution in [3.63, 3.8) is 0 Å². The highest BCUT2D eigenvalue weighted by Crippen LogP contribution is 2.34. The number of fused-ring (bicyclic) bond motifs is 1. The number of imidazole rings is 2. The lowest BCUT2D eigenvalue weighted by Crippen LogP contribution is -2.07. The lowest BCUT2D eigenvalue weighted by molar-refractivity contribution is -0.141. The van der Waals surface area contributed by atoms with E-state index in [4.69, 9.17) is 0 Å². The second-order valence-electron chi connectivity index (χ2n) is 5.44. The second-order valence-corrected chi connectivity index (χ2v) is 6.69. The van der Waals surface area contributed by atoms with E-state index >= 15 is 0 Å². The van der Waals surface area contributed by atoms with Crippen LogP contribution in [-0.4, -0.2) is 40.9 Å². The van der Waals surface area contributed by atoms with Crippen LogP contribution >= 0.6 is 11.8 Å². The molecule has 0 fully saturated rings. The van der Waals surface area contributed by atoms with Gasteiger partial charge in [-0.1, -0.05) is 6.92 Å². The predicted octanol–water partition coefficient (Wildman–Crippen LogP) is 3.20. The first-order chi connectivity index (χ1) is 12.1. The molecule has 0 aliphatic carbocycles. The van der Waals surface area contributed by atoms with Crippen LogP contribution in [0.1, 0.15) is 23.2 Å². The molecule has 3 aromatic rings. The van der Waals surface area contributed by atoms with Crippen LogP contribution in [0.3, 0.4) is 0 Å². The second kappa shape index (κ2) is 6.31. The highest BCUT2D eigenvalue weighted by molar-refractivity contribution is 7.99. The third-order valence-electron chi connectivity index (χ3n) is 3.78. The van der Waals surface area contributed by atoms with Gasteiger partial charge in [0.25, 0.3) is 0 Å². The molecule has 1 N–H and O–H groups in total. The number of aromatic carboxylic acids is 1. The highest BCUT2D eigenvalue weighted by atomic mass is 32.2. The molecule has 0 spiro atoms. The van der Waals surface area contributed by atoms with Crippen LogP contribution in [0.2, 0.25) is 0 Å². The average Bonchev–Trinajstić information content (AvgIpc) is 3.05. The number of aryl methyl sites for hydroxylation is 1. The number of alkyl halides is 3. The van der Waals surface area contributed by atoms with Gasteiger partial charge in [0.2, 0.25) is 5.82 Å². The summed E-state index contributed by atoms with van der Waals surface area (Å²) < 4.78 is 41.6. The maximum absolute atomic E-state index is 12.9. The summed E-state index contributed by atoms with van der Waals surface area (Å²) >= 11 is 1.38. The van der Waals surface area contributed by atoms with Gasteiger partial charge in [-0.15, -0.1) is 11.8 Å². The number of carbonyl (C=O) groups is 1. The van der Waals surface area contributed by atoms with E-state index in [-0.39, 0.29) is 17.2 Å². The Hall–Kier alpha value is -2.56. The molecule has 0 amide bonds. The first kappa shape index (κ1) is 18.2. The first-order valence-corrected chi connectivity index (χ1v) is 8.46. The fourth-order valence-corrected chi connectivity index (χ4v) is 3.41. The number of hydrogen-bond donors (Lipinski definition) is 1. The topological polar surface area (TPSA) is 85.8 Å². The molecule has 0 bridgehead atoms. The molecule has 3 rings (SSSR count). The molecule has 0 saturated heterocycles. The SMILES string of the molecule is CCSc1c(-c2nc3cc(C(F)(F)F)ncc3n2C)nc(C(=O)O)n1C. The van der Waals surface area contributed by atoms with Gasteiger partial charge in [0.05, 0.1) is 17.2 Å². The number of thioether (sulfide) groups is 1. The van der Waals surface area contributed by atoms with Crippen LogP contribution in [0.25, 0.3) is 22.6 Å². The molecule has 0 radical (unpaired) electrons. The minimum atomic E-state index is -4.57. The Morgan fingerprint density at radius 1 is 1.27 bits per heavy atom. The minimum absolute atomic E-state index is 0.111. The number of hydrogen-bond acceptors (Lipinski definition) is 5. The van der Waals surface area contributed by atoms with Gasteiger partial charge >= 0.3 is 12.1 Å². The van der Waals surface area contributed by atoms with Gasteiger partial charge in [-0.05, 0) is 11.8 Å². The van der Waals surface area contributed by atoms with Crippen molar-refractivity contribution in [3.8, 4) is 11.5 Å². The zero-order chi connectivity index (χ0) is 19.2. The van der Waals surface area contributed by atoms with Crippen molar-refractivity contribution in [2.24, 2.45) is 14.1 Å². The molecule has 3 aromatic heterocycles. The molecule has 0 saturated carbocycles. The molecule has 0 aliphatic heterocycles. The van der Waals surface area contributed by atoms with E-state index in [1.165, 1.54) is 16.3 Å². The number of rotatable bonds is 4. The van der Waals surface area contributed by atoms with Crippen LogP contribution in [0.15, 0.2) is 17.3 Å². The number of pyridine rings is 1. The van der Waals surface area contributed by atoms with Crippen molar-refractivity contribution in [2.75, 3.05) is 5.75 Å². The smallest absolute Gasteiger partial charge is 0.433 e. The molecule has 0 aromatic carbocycles. The Kier molecular flexibility index (Phi) is 4.42. The fourth-order valence-electron chi connectivity index (χ4n) is 2.58. The van der Waals surface area contributed by atoms with E-state index < -0.39 is 17.8 Å². The summed E-state index contributed by atoms with van der Waals surface area (Å²) in [6, 6.07) is 0.868. The fraction of sp³-hybridized carbons (Fsp3) is 0.333. The quantitative estimate of drug-likeness (QED) is 0.694.